The largest absolute Gasteiger partial charge is 2.00 e. The van der Waals surface area contributed by atoms with Crippen LogP contribution in [-0.4, -0.2) is 12.6 Å². The summed E-state index contributed by atoms with van der Waals surface area (Å²) >= 11 is 0. The molecule has 2 aromatic rings. The van der Waals surface area contributed by atoms with Crippen molar-refractivity contribution in [2.45, 2.75) is 0 Å². The summed E-state index contributed by atoms with van der Waals surface area (Å²) in [6, 6.07) is 17.8. The molecule has 2 nitrogen and oxygen atoms in total. The Hall–Kier alpha value is -1.73. The van der Waals surface area contributed by atoms with Gasteiger partial charge in [-0.05, 0) is 0 Å². The molecule has 17 heavy (non-hydrogen) atoms. The van der Waals surface area contributed by atoms with Crippen molar-refractivity contribution in [2.24, 2.45) is 0 Å². The van der Waals surface area contributed by atoms with Gasteiger partial charge in [0.2, 0.25) is 0 Å². The molecule has 0 radical (unpaired) electrons. The monoisotopic (exact) mass is 268 g/mol. The SMILES string of the molecule is O=[C-]c1ccccc1.O=[C-]c1ccccc1.[Ni+2]. The molecular formula is C14H10NiO2. The second-order valence-electron chi connectivity index (χ2n) is 2.94. The van der Waals surface area contributed by atoms with E-state index in [0.29, 0.717) is 11.1 Å². The molecule has 0 amide bonds. The maximum absolute atomic E-state index is 9.88. The van der Waals surface area contributed by atoms with Crippen LogP contribution in [0.3, 0.4) is 0 Å². The predicted octanol–water partition coefficient (Wildman–Crippen LogP) is 2.29. The van der Waals surface area contributed by atoms with E-state index in [4.69, 9.17) is 0 Å². The summed E-state index contributed by atoms with van der Waals surface area (Å²) in [4.78, 5) is 19.8. The molecule has 0 aliphatic rings. The minimum atomic E-state index is 0. The number of carbonyl (C=O) groups excluding carboxylic acids is 2. The fraction of sp³-hybridized carbons (Fsp3) is 0. The molecule has 0 N–H and O–H groups in total. The van der Waals surface area contributed by atoms with Gasteiger partial charge in [-0.3, -0.25) is 0 Å². The number of hydrogen-bond acceptors (Lipinski definition) is 2. The molecule has 0 bridgehead atoms. The van der Waals surface area contributed by atoms with E-state index >= 15 is 0 Å². The van der Waals surface area contributed by atoms with Crippen molar-refractivity contribution in [3.05, 3.63) is 71.8 Å². The van der Waals surface area contributed by atoms with Crippen molar-refractivity contribution in [3.8, 4) is 0 Å². The van der Waals surface area contributed by atoms with Crippen LogP contribution >= 0.6 is 0 Å². The number of benzene rings is 2. The molecular weight excluding hydrogens is 259 g/mol. The first-order valence-corrected chi connectivity index (χ1v) is 4.73. The maximum atomic E-state index is 9.88. The van der Waals surface area contributed by atoms with Crippen molar-refractivity contribution in [1.82, 2.24) is 0 Å². The summed E-state index contributed by atoms with van der Waals surface area (Å²) in [5.74, 6) is 0. The summed E-state index contributed by atoms with van der Waals surface area (Å²) in [5.41, 5.74) is 1.21. The molecule has 2 aromatic carbocycles. The smallest absolute Gasteiger partial charge is 0.376 e. The van der Waals surface area contributed by atoms with E-state index in [1.54, 1.807) is 61.1 Å². The molecule has 0 fully saturated rings. The Balaban J connectivity index is 0.000000284. The minimum absolute atomic E-state index is 0. The van der Waals surface area contributed by atoms with Gasteiger partial charge in [0, 0.05) is 0 Å². The standard InChI is InChI=1S/2C7H5O.Ni/c2*8-6-7-4-2-1-3-5-7;/h2*1-5H;/q2*-1;+2. The Morgan fingerprint density at radius 2 is 0.882 bits per heavy atom. The normalized spacial score (nSPS) is 8.00. The first-order chi connectivity index (χ1) is 7.86. The molecule has 0 atom stereocenters. The zero-order valence-corrected chi connectivity index (χ0v) is 9.89. The second kappa shape index (κ2) is 9.50. The molecule has 0 spiro atoms. The average molecular weight is 269 g/mol. The molecule has 2 rings (SSSR count). The molecule has 0 aliphatic heterocycles. The van der Waals surface area contributed by atoms with E-state index in [0.717, 1.165) is 0 Å². The topological polar surface area (TPSA) is 34.1 Å². The Morgan fingerprint density at radius 3 is 1.06 bits per heavy atom. The third kappa shape index (κ3) is 6.44. The van der Waals surface area contributed by atoms with E-state index in [1.807, 2.05) is 12.1 Å². The van der Waals surface area contributed by atoms with Gasteiger partial charge in [0.05, 0.1) is 12.6 Å². The zero-order valence-electron chi connectivity index (χ0n) is 8.91. The molecule has 0 aliphatic carbocycles. The quantitative estimate of drug-likeness (QED) is 0.619. The van der Waals surface area contributed by atoms with Gasteiger partial charge in [-0.2, -0.15) is 35.4 Å². The van der Waals surface area contributed by atoms with Gasteiger partial charge in [-0.1, -0.05) is 12.1 Å². The van der Waals surface area contributed by atoms with Crippen LogP contribution < -0.4 is 0 Å². The van der Waals surface area contributed by atoms with Crippen LogP contribution in [0.4, 0.5) is 0 Å². The molecule has 88 valence electrons. The predicted molar refractivity (Wildman–Crippen MR) is 62.5 cm³/mol. The van der Waals surface area contributed by atoms with E-state index in [-0.39, 0.29) is 16.5 Å². The maximum Gasteiger partial charge on any atom is 2.00 e. The molecule has 0 aromatic heterocycles. The summed E-state index contributed by atoms with van der Waals surface area (Å²) < 4.78 is 0. The van der Waals surface area contributed by atoms with Crippen LogP contribution in [-0.2, 0) is 26.1 Å². The summed E-state index contributed by atoms with van der Waals surface area (Å²) in [5, 5.41) is 0. The van der Waals surface area contributed by atoms with E-state index < -0.39 is 0 Å². The van der Waals surface area contributed by atoms with Gasteiger partial charge in [0.1, 0.15) is 0 Å². The van der Waals surface area contributed by atoms with Crippen LogP contribution in [0.5, 0.6) is 0 Å². The second-order valence-corrected chi connectivity index (χ2v) is 2.94. The third-order valence-electron chi connectivity index (χ3n) is 1.78. The number of rotatable bonds is 2. The average Bonchev–Trinajstić information content (AvgIpc) is 2.41. The van der Waals surface area contributed by atoms with Gasteiger partial charge in [-0.15, -0.1) is 24.3 Å². The third-order valence-corrected chi connectivity index (χ3v) is 1.78. The Kier molecular flexibility index (Phi) is 8.53. The fourth-order valence-corrected chi connectivity index (χ4v) is 1.01. The minimum Gasteiger partial charge on any atom is -0.376 e. The summed E-state index contributed by atoms with van der Waals surface area (Å²) in [6.45, 7) is 0. The summed E-state index contributed by atoms with van der Waals surface area (Å²) in [6.07, 6.45) is 3.55. The molecule has 3 heteroatoms. The van der Waals surface area contributed by atoms with Crippen molar-refractivity contribution >= 4 is 12.6 Å². The Bertz CT molecular complexity index is 383. The van der Waals surface area contributed by atoms with Crippen LogP contribution in [0.25, 0.3) is 0 Å². The van der Waals surface area contributed by atoms with Crippen molar-refractivity contribution in [3.63, 3.8) is 0 Å². The molecule has 0 unspecified atom stereocenters. The summed E-state index contributed by atoms with van der Waals surface area (Å²) in [7, 11) is 0. The van der Waals surface area contributed by atoms with Gasteiger partial charge in [0.25, 0.3) is 0 Å². The van der Waals surface area contributed by atoms with Crippen LogP contribution in [0.1, 0.15) is 11.1 Å². The van der Waals surface area contributed by atoms with Gasteiger partial charge in [0.15, 0.2) is 0 Å². The van der Waals surface area contributed by atoms with E-state index in [1.165, 1.54) is 0 Å². The van der Waals surface area contributed by atoms with Crippen LogP contribution in [0.2, 0.25) is 0 Å². The first-order valence-electron chi connectivity index (χ1n) is 4.73. The Labute approximate surface area is 111 Å². The molecule has 0 saturated heterocycles. The molecule has 0 heterocycles. The van der Waals surface area contributed by atoms with Gasteiger partial charge in [-0.25, -0.2) is 0 Å². The van der Waals surface area contributed by atoms with Crippen LogP contribution in [0.15, 0.2) is 60.7 Å². The van der Waals surface area contributed by atoms with Crippen LogP contribution in [0, 0.1) is 0 Å². The van der Waals surface area contributed by atoms with E-state index in [2.05, 4.69) is 0 Å². The zero-order chi connectivity index (χ0) is 11.6. The van der Waals surface area contributed by atoms with Crippen molar-refractivity contribution < 1.29 is 26.1 Å². The van der Waals surface area contributed by atoms with Gasteiger partial charge >= 0.3 is 16.5 Å². The fourth-order valence-electron chi connectivity index (χ4n) is 1.01. The van der Waals surface area contributed by atoms with Crippen molar-refractivity contribution in [2.75, 3.05) is 0 Å². The first kappa shape index (κ1) is 15.3. The molecule has 0 saturated carbocycles. The van der Waals surface area contributed by atoms with Gasteiger partial charge < -0.3 is 9.59 Å². The van der Waals surface area contributed by atoms with Crippen molar-refractivity contribution in [1.29, 1.82) is 0 Å². The van der Waals surface area contributed by atoms with E-state index in [9.17, 15) is 9.59 Å². The Morgan fingerprint density at radius 1 is 0.588 bits per heavy atom. The number of hydrogen-bond donors (Lipinski definition) is 0.